The first-order chi connectivity index (χ1) is 7.24. The van der Waals surface area contributed by atoms with Gasteiger partial charge in [-0.05, 0) is 25.0 Å². The van der Waals surface area contributed by atoms with Crippen LogP contribution in [0.2, 0.25) is 0 Å². The van der Waals surface area contributed by atoms with Crippen molar-refractivity contribution in [2.24, 2.45) is 0 Å². The van der Waals surface area contributed by atoms with E-state index < -0.39 is 0 Å². The van der Waals surface area contributed by atoms with Crippen molar-refractivity contribution in [3.63, 3.8) is 0 Å². The largest absolute Gasteiger partial charge is 0.384 e. The van der Waals surface area contributed by atoms with Gasteiger partial charge in [0, 0.05) is 18.5 Å². The maximum atomic E-state index is 11.6. The van der Waals surface area contributed by atoms with Crippen LogP contribution in [0.3, 0.4) is 0 Å². The minimum absolute atomic E-state index is 0.196. The first-order valence-corrected chi connectivity index (χ1v) is 7.23. The minimum atomic E-state index is 0.196. The van der Waals surface area contributed by atoms with E-state index in [0.29, 0.717) is 11.4 Å². The first kappa shape index (κ1) is 13.3. The van der Waals surface area contributed by atoms with Gasteiger partial charge in [0.2, 0.25) is 5.91 Å². The zero-order valence-corrected chi connectivity index (χ0v) is 11.4. The quantitative estimate of drug-likeness (QED) is 0.760. The molecule has 1 saturated heterocycles. The number of hydrogen-bond acceptors (Lipinski definition) is 3. The van der Waals surface area contributed by atoms with Crippen LogP contribution in [0.15, 0.2) is 0 Å². The fourth-order valence-electron chi connectivity index (χ4n) is 1.51. The summed E-state index contributed by atoms with van der Waals surface area (Å²) < 4.78 is 5.00. The molecule has 1 N–H and O–H groups in total. The fraction of sp³-hybridized carbons (Fsp3) is 0.900. The number of halogens is 1. The number of rotatable bonds is 6. The Morgan fingerprint density at radius 1 is 1.73 bits per heavy atom. The molecule has 0 saturated carbocycles. The molecular formula is C10H18BrNO2S. The van der Waals surface area contributed by atoms with Crippen LogP contribution in [0.25, 0.3) is 0 Å². The molecule has 1 amide bonds. The van der Waals surface area contributed by atoms with Crippen LogP contribution in [0.4, 0.5) is 0 Å². The van der Waals surface area contributed by atoms with E-state index in [-0.39, 0.29) is 11.2 Å². The standard InChI is InChI=1S/C10H18BrNO2S/c1-14-7-8(11)4-5-12-10(13)9-3-2-6-15-9/h8-9H,2-7H2,1H3,(H,12,13). The lowest BCUT2D eigenvalue weighted by Crippen LogP contribution is -2.33. The Balaban J connectivity index is 2.06. The molecule has 0 radical (unpaired) electrons. The normalized spacial score (nSPS) is 22.7. The van der Waals surface area contributed by atoms with Gasteiger partial charge in [-0.3, -0.25) is 4.79 Å². The number of alkyl halides is 1. The molecule has 1 aliphatic heterocycles. The second-order valence-corrected chi connectivity index (χ2v) is 6.24. The van der Waals surface area contributed by atoms with Crippen LogP contribution in [0.1, 0.15) is 19.3 Å². The second kappa shape index (κ2) is 7.52. The lowest BCUT2D eigenvalue weighted by molar-refractivity contribution is -0.120. The van der Waals surface area contributed by atoms with Gasteiger partial charge in [-0.1, -0.05) is 15.9 Å². The summed E-state index contributed by atoms with van der Waals surface area (Å²) in [4.78, 5) is 11.9. The number of thioether (sulfide) groups is 1. The summed E-state index contributed by atoms with van der Waals surface area (Å²) in [5.41, 5.74) is 0. The molecule has 15 heavy (non-hydrogen) atoms. The number of hydrogen-bond donors (Lipinski definition) is 1. The third-order valence-corrected chi connectivity index (χ3v) is 4.43. The molecule has 0 bridgehead atoms. The third kappa shape index (κ3) is 5.22. The van der Waals surface area contributed by atoms with Crippen LogP contribution in [-0.4, -0.2) is 42.0 Å². The van der Waals surface area contributed by atoms with Gasteiger partial charge in [-0.15, -0.1) is 11.8 Å². The third-order valence-electron chi connectivity index (χ3n) is 2.33. The van der Waals surface area contributed by atoms with Crippen LogP contribution >= 0.6 is 27.7 Å². The summed E-state index contributed by atoms with van der Waals surface area (Å²) in [6.07, 6.45) is 3.12. The van der Waals surface area contributed by atoms with Crippen molar-refractivity contribution in [1.29, 1.82) is 0 Å². The van der Waals surface area contributed by atoms with E-state index in [2.05, 4.69) is 21.2 Å². The lowest BCUT2D eigenvalue weighted by Gasteiger charge is -2.12. The molecule has 5 heteroatoms. The SMILES string of the molecule is COCC(Br)CCNC(=O)C1CCCS1. The highest BCUT2D eigenvalue weighted by atomic mass is 79.9. The molecule has 0 aliphatic carbocycles. The number of carbonyl (C=O) groups excluding carboxylic acids is 1. The van der Waals surface area contributed by atoms with Crippen molar-refractivity contribution >= 4 is 33.6 Å². The highest BCUT2D eigenvalue weighted by molar-refractivity contribution is 9.09. The van der Waals surface area contributed by atoms with E-state index >= 15 is 0 Å². The van der Waals surface area contributed by atoms with Crippen LogP contribution in [0.5, 0.6) is 0 Å². The molecule has 0 spiro atoms. The van der Waals surface area contributed by atoms with E-state index in [1.54, 1.807) is 18.9 Å². The first-order valence-electron chi connectivity index (χ1n) is 5.26. The fourth-order valence-corrected chi connectivity index (χ4v) is 3.19. The number of ether oxygens (including phenoxy) is 1. The number of methoxy groups -OCH3 is 1. The zero-order chi connectivity index (χ0) is 11.1. The molecule has 2 atom stereocenters. The van der Waals surface area contributed by atoms with Gasteiger partial charge in [0.05, 0.1) is 11.9 Å². The van der Waals surface area contributed by atoms with Crippen LogP contribution < -0.4 is 5.32 Å². The van der Waals surface area contributed by atoms with E-state index in [9.17, 15) is 4.79 Å². The zero-order valence-electron chi connectivity index (χ0n) is 9.00. The molecule has 1 heterocycles. The van der Waals surface area contributed by atoms with Gasteiger partial charge in [0.15, 0.2) is 0 Å². The van der Waals surface area contributed by atoms with Gasteiger partial charge < -0.3 is 10.1 Å². The molecule has 2 unspecified atom stereocenters. The summed E-state index contributed by atoms with van der Waals surface area (Å²) >= 11 is 5.26. The summed E-state index contributed by atoms with van der Waals surface area (Å²) in [6.45, 7) is 1.42. The van der Waals surface area contributed by atoms with Gasteiger partial charge in [-0.2, -0.15) is 0 Å². The lowest BCUT2D eigenvalue weighted by atomic mass is 10.2. The van der Waals surface area contributed by atoms with Gasteiger partial charge >= 0.3 is 0 Å². The van der Waals surface area contributed by atoms with Gasteiger partial charge in [-0.25, -0.2) is 0 Å². The summed E-state index contributed by atoms with van der Waals surface area (Å²) in [5.74, 6) is 1.33. The predicted octanol–water partition coefficient (Wildman–Crippen LogP) is 1.80. The van der Waals surface area contributed by atoms with E-state index in [1.807, 2.05) is 0 Å². The Bertz CT molecular complexity index is 198. The Hall–Kier alpha value is 0.260. The Morgan fingerprint density at radius 3 is 3.13 bits per heavy atom. The molecule has 0 aromatic rings. The smallest absolute Gasteiger partial charge is 0.233 e. The highest BCUT2D eigenvalue weighted by Gasteiger charge is 2.22. The van der Waals surface area contributed by atoms with Crippen molar-refractivity contribution in [3.05, 3.63) is 0 Å². The second-order valence-electron chi connectivity index (χ2n) is 3.63. The van der Waals surface area contributed by atoms with Crippen molar-refractivity contribution in [1.82, 2.24) is 5.32 Å². The van der Waals surface area contributed by atoms with Crippen molar-refractivity contribution < 1.29 is 9.53 Å². The molecule has 1 rings (SSSR count). The molecule has 1 fully saturated rings. The van der Waals surface area contributed by atoms with Crippen molar-refractivity contribution in [3.8, 4) is 0 Å². The molecular weight excluding hydrogens is 278 g/mol. The van der Waals surface area contributed by atoms with Crippen LogP contribution in [0, 0.1) is 0 Å². The average Bonchev–Trinajstić information content (AvgIpc) is 2.70. The van der Waals surface area contributed by atoms with E-state index in [4.69, 9.17) is 4.74 Å². The predicted molar refractivity (Wildman–Crippen MR) is 67.7 cm³/mol. The van der Waals surface area contributed by atoms with Crippen molar-refractivity contribution in [2.45, 2.75) is 29.3 Å². The van der Waals surface area contributed by atoms with Crippen LogP contribution in [-0.2, 0) is 9.53 Å². The molecule has 0 aromatic heterocycles. The van der Waals surface area contributed by atoms with E-state index in [1.165, 1.54) is 6.42 Å². The van der Waals surface area contributed by atoms with Gasteiger partial charge in [0.25, 0.3) is 0 Å². The average molecular weight is 296 g/mol. The number of amides is 1. The Labute approximate surface area is 104 Å². The summed E-state index contributed by atoms with van der Waals surface area (Å²) in [5, 5.41) is 3.16. The maximum absolute atomic E-state index is 11.6. The van der Waals surface area contributed by atoms with E-state index in [0.717, 1.165) is 25.1 Å². The minimum Gasteiger partial charge on any atom is -0.384 e. The van der Waals surface area contributed by atoms with Gasteiger partial charge in [0.1, 0.15) is 0 Å². The van der Waals surface area contributed by atoms with Crippen molar-refractivity contribution in [2.75, 3.05) is 26.0 Å². The summed E-state index contributed by atoms with van der Waals surface area (Å²) in [7, 11) is 1.68. The topological polar surface area (TPSA) is 38.3 Å². The Kier molecular flexibility index (Phi) is 6.68. The number of carbonyl (C=O) groups is 1. The Morgan fingerprint density at radius 2 is 2.53 bits per heavy atom. The summed E-state index contributed by atoms with van der Waals surface area (Å²) in [6, 6.07) is 0. The number of nitrogens with one attached hydrogen (secondary N) is 1. The highest BCUT2D eigenvalue weighted by Crippen LogP contribution is 2.25. The molecule has 0 aromatic carbocycles. The maximum Gasteiger partial charge on any atom is 0.233 e. The molecule has 88 valence electrons. The monoisotopic (exact) mass is 295 g/mol. The molecule has 3 nitrogen and oxygen atoms in total. The molecule has 1 aliphatic rings.